The topological polar surface area (TPSA) is 92.4 Å². The van der Waals surface area contributed by atoms with Crippen molar-refractivity contribution >= 4 is 20.9 Å². The first kappa shape index (κ1) is 24.5. The van der Waals surface area contributed by atoms with Crippen LogP contribution in [0.5, 0.6) is 11.6 Å². The van der Waals surface area contributed by atoms with Gasteiger partial charge >= 0.3 is 5.69 Å². The number of pyridine rings is 1. The van der Waals surface area contributed by atoms with Crippen LogP contribution in [0.1, 0.15) is 18.7 Å². The van der Waals surface area contributed by atoms with E-state index in [0.29, 0.717) is 29.1 Å². The van der Waals surface area contributed by atoms with Gasteiger partial charge < -0.3 is 9.47 Å². The van der Waals surface area contributed by atoms with Crippen LogP contribution in [0.2, 0.25) is 0 Å². The molecular formula is C25H26FN3O5S. The van der Waals surface area contributed by atoms with Crippen molar-refractivity contribution in [3.63, 3.8) is 0 Å². The largest absolute Gasteiger partial charge is 0.491 e. The van der Waals surface area contributed by atoms with Crippen LogP contribution in [0.25, 0.3) is 22.2 Å². The Hall–Kier alpha value is -3.66. The minimum absolute atomic E-state index is 0.220. The van der Waals surface area contributed by atoms with Gasteiger partial charge in [0.25, 0.3) is 5.88 Å². The molecule has 8 nitrogen and oxygen atoms in total. The normalized spacial score (nSPS) is 12.6. The van der Waals surface area contributed by atoms with Gasteiger partial charge in [-0.3, -0.25) is 9.13 Å². The predicted molar refractivity (Wildman–Crippen MR) is 132 cm³/mol. The molecular weight excluding hydrogens is 473 g/mol. The summed E-state index contributed by atoms with van der Waals surface area (Å²) in [5.74, 6) is -0.0485. The van der Waals surface area contributed by atoms with Gasteiger partial charge in [0.15, 0.2) is 5.75 Å². The number of benzene rings is 2. The molecule has 4 aromatic rings. The number of ether oxygens (including phenoxy) is 2. The number of aromatic nitrogens is 3. The van der Waals surface area contributed by atoms with E-state index >= 15 is 0 Å². The fraction of sp³-hybridized carbons (Fsp3) is 0.280. The Morgan fingerprint density at radius 1 is 1.03 bits per heavy atom. The molecule has 35 heavy (non-hydrogen) atoms. The van der Waals surface area contributed by atoms with Crippen LogP contribution in [0.15, 0.2) is 59.4 Å². The molecule has 2 aromatic carbocycles. The summed E-state index contributed by atoms with van der Waals surface area (Å²) < 4.78 is 52.0. The third kappa shape index (κ3) is 4.93. The lowest BCUT2D eigenvalue weighted by molar-refractivity contribution is 0.296. The maximum Gasteiger partial charge on any atom is 0.329 e. The van der Waals surface area contributed by atoms with Gasteiger partial charge in [-0.05, 0) is 54.4 Å². The minimum Gasteiger partial charge on any atom is -0.491 e. The number of fused-ring (bicyclic) bond motifs is 1. The second-order valence-corrected chi connectivity index (χ2v) is 10.4. The number of hydrogen-bond donors (Lipinski definition) is 0. The number of sulfone groups is 1. The molecule has 0 aliphatic heterocycles. The molecule has 1 atom stereocenters. The van der Waals surface area contributed by atoms with Crippen molar-refractivity contribution in [3.8, 4) is 22.8 Å². The lowest BCUT2D eigenvalue weighted by atomic mass is 10.0. The van der Waals surface area contributed by atoms with E-state index < -0.39 is 15.9 Å². The molecule has 0 fully saturated rings. The minimum atomic E-state index is -3.51. The average molecular weight is 500 g/mol. The van der Waals surface area contributed by atoms with E-state index in [0.717, 1.165) is 17.4 Å². The van der Waals surface area contributed by atoms with Crippen LogP contribution in [0, 0.1) is 5.82 Å². The Morgan fingerprint density at radius 2 is 1.71 bits per heavy atom. The van der Waals surface area contributed by atoms with E-state index in [1.54, 1.807) is 44.3 Å². The Bertz CT molecular complexity index is 1540. The predicted octanol–water partition coefficient (Wildman–Crippen LogP) is 3.58. The molecule has 1 unspecified atom stereocenters. The molecule has 0 amide bonds. The lowest BCUT2D eigenvalue weighted by Crippen LogP contribution is -2.31. The maximum atomic E-state index is 13.4. The first-order chi connectivity index (χ1) is 16.6. The maximum absolute atomic E-state index is 13.4. The van der Waals surface area contributed by atoms with Crippen molar-refractivity contribution in [1.82, 2.24) is 14.1 Å². The van der Waals surface area contributed by atoms with Gasteiger partial charge in [-0.15, -0.1) is 0 Å². The molecule has 0 bridgehead atoms. The zero-order valence-corrected chi connectivity index (χ0v) is 20.7. The number of rotatable bonds is 8. The van der Waals surface area contributed by atoms with Gasteiger partial charge in [-0.2, -0.15) is 0 Å². The fourth-order valence-electron chi connectivity index (χ4n) is 4.09. The molecule has 0 saturated carbocycles. The standard InChI is InChI=1S/C25H26FN3O5S/c1-5-34-24-23(33-3)13-11-19(27-24)22(15-35(4,31)32)29-20-12-8-17(14-21(20)28(2)25(29)30)16-6-9-18(26)10-7-16/h6-14,22H,5,15H2,1-4H3. The first-order valence-electron chi connectivity index (χ1n) is 10.9. The van der Waals surface area contributed by atoms with Crippen LogP contribution in [0.3, 0.4) is 0 Å². The van der Waals surface area contributed by atoms with Gasteiger partial charge in [0.2, 0.25) is 0 Å². The molecule has 0 aliphatic rings. The van der Waals surface area contributed by atoms with Crippen molar-refractivity contribution in [3.05, 3.63) is 76.6 Å². The van der Waals surface area contributed by atoms with Crippen LogP contribution in [0.4, 0.5) is 4.39 Å². The second-order valence-electron chi connectivity index (χ2n) is 8.21. The summed E-state index contributed by atoms with van der Waals surface area (Å²) in [6.07, 6.45) is 1.12. The summed E-state index contributed by atoms with van der Waals surface area (Å²) in [5.41, 5.74) is 2.71. The highest BCUT2D eigenvalue weighted by Gasteiger charge is 2.27. The van der Waals surface area contributed by atoms with E-state index in [1.807, 2.05) is 12.1 Å². The Morgan fingerprint density at radius 3 is 2.34 bits per heavy atom. The molecule has 2 aromatic heterocycles. The zero-order chi connectivity index (χ0) is 25.3. The van der Waals surface area contributed by atoms with Crippen molar-refractivity contribution < 1.29 is 22.3 Å². The summed E-state index contributed by atoms with van der Waals surface area (Å²) in [7, 11) is -0.396. The van der Waals surface area contributed by atoms with Gasteiger partial charge in [-0.1, -0.05) is 18.2 Å². The summed E-state index contributed by atoms with van der Waals surface area (Å²) in [6.45, 7) is 2.14. The molecule has 184 valence electrons. The Labute approximate surface area is 202 Å². The number of nitrogens with zero attached hydrogens (tertiary/aromatic N) is 3. The van der Waals surface area contributed by atoms with Crippen molar-refractivity contribution in [2.75, 3.05) is 25.7 Å². The van der Waals surface area contributed by atoms with E-state index in [2.05, 4.69) is 4.98 Å². The molecule has 0 saturated heterocycles. The second kappa shape index (κ2) is 9.53. The van der Waals surface area contributed by atoms with Gasteiger partial charge in [0.05, 0.1) is 42.2 Å². The highest BCUT2D eigenvalue weighted by molar-refractivity contribution is 7.90. The summed E-state index contributed by atoms with van der Waals surface area (Å²) >= 11 is 0. The molecule has 0 aliphatic carbocycles. The Kier molecular flexibility index (Phi) is 6.66. The van der Waals surface area contributed by atoms with Gasteiger partial charge in [-0.25, -0.2) is 22.6 Å². The van der Waals surface area contributed by atoms with E-state index in [1.165, 1.54) is 28.4 Å². The highest BCUT2D eigenvalue weighted by atomic mass is 32.2. The van der Waals surface area contributed by atoms with Crippen molar-refractivity contribution in [1.29, 1.82) is 0 Å². The molecule has 0 spiro atoms. The third-order valence-corrected chi connectivity index (χ3v) is 6.65. The SMILES string of the molecule is CCOc1nc(C(CS(C)(=O)=O)n2c(=O)n(C)c3cc(-c4ccc(F)cc4)ccc32)ccc1OC. The van der Waals surface area contributed by atoms with Crippen molar-refractivity contribution in [2.45, 2.75) is 13.0 Å². The quantitative estimate of drug-likeness (QED) is 0.368. The zero-order valence-electron chi connectivity index (χ0n) is 19.9. The smallest absolute Gasteiger partial charge is 0.329 e. The fourth-order valence-corrected chi connectivity index (χ4v) is 4.98. The monoisotopic (exact) mass is 499 g/mol. The van der Waals surface area contributed by atoms with E-state index in [-0.39, 0.29) is 23.1 Å². The van der Waals surface area contributed by atoms with Gasteiger partial charge in [0, 0.05) is 13.3 Å². The lowest BCUT2D eigenvalue weighted by Gasteiger charge is -2.19. The number of aryl methyl sites for hydroxylation is 1. The summed E-state index contributed by atoms with van der Waals surface area (Å²) in [4.78, 5) is 17.9. The third-order valence-electron chi connectivity index (χ3n) is 5.73. The molecule has 10 heteroatoms. The number of hydrogen-bond acceptors (Lipinski definition) is 6. The number of halogens is 1. The first-order valence-corrected chi connectivity index (χ1v) is 13.0. The molecule has 0 N–H and O–H groups in total. The highest BCUT2D eigenvalue weighted by Crippen LogP contribution is 2.31. The molecule has 4 rings (SSSR count). The van der Waals surface area contributed by atoms with Crippen LogP contribution in [-0.2, 0) is 16.9 Å². The number of methoxy groups -OCH3 is 1. The average Bonchev–Trinajstić information content (AvgIpc) is 3.07. The summed E-state index contributed by atoms with van der Waals surface area (Å²) in [5, 5.41) is 0. The van der Waals surface area contributed by atoms with Crippen LogP contribution in [-0.4, -0.2) is 48.3 Å². The number of imidazole rings is 1. The van der Waals surface area contributed by atoms with Crippen LogP contribution >= 0.6 is 0 Å². The van der Waals surface area contributed by atoms with Gasteiger partial charge in [0.1, 0.15) is 15.7 Å². The van der Waals surface area contributed by atoms with Crippen LogP contribution < -0.4 is 15.2 Å². The summed E-state index contributed by atoms with van der Waals surface area (Å²) in [6, 6.07) is 13.8. The molecule has 0 radical (unpaired) electrons. The van der Waals surface area contributed by atoms with E-state index in [9.17, 15) is 17.6 Å². The van der Waals surface area contributed by atoms with Crippen molar-refractivity contribution in [2.24, 2.45) is 7.05 Å². The molecule has 2 heterocycles. The van der Waals surface area contributed by atoms with E-state index in [4.69, 9.17) is 9.47 Å². The Balaban J connectivity index is 1.92.